The van der Waals surface area contributed by atoms with Crippen molar-refractivity contribution in [3.63, 3.8) is 0 Å². The molecule has 158 valence electrons. The lowest BCUT2D eigenvalue weighted by atomic mass is 10.2. The quantitative estimate of drug-likeness (QED) is 0.549. The third-order valence-electron chi connectivity index (χ3n) is 3.91. The Balaban J connectivity index is 1.50. The summed E-state index contributed by atoms with van der Waals surface area (Å²) in [6.07, 6.45) is -3.04. The molecule has 0 spiro atoms. The third-order valence-corrected chi connectivity index (χ3v) is 4.93. The molecule has 0 saturated heterocycles. The molecule has 2 aromatic heterocycles. The van der Waals surface area contributed by atoms with E-state index in [1.165, 1.54) is 24.5 Å². The van der Waals surface area contributed by atoms with E-state index in [1.807, 2.05) is 0 Å². The van der Waals surface area contributed by atoms with Crippen LogP contribution in [-0.4, -0.2) is 32.3 Å². The van der Waals surface area contributed by atoms with Gasteiger partial charge in [-0.3, -0.25) is 9.59 Å². The normalized spacial score (nSPS) is 11.3. The van der Waals surface area contributed by atoms with Crippen molar-refractivity contribution >= 4 is 29.3 Å². The maximum Gasteiger partial charge on any atom is 0.416 e. The van der Waals surface area contributed by atoms with E-state index < -0.39 is 23.6 Å². The van der Waals surface area contributed by atoms with Gasteiger partial charge in [-0.1, -0.05) is 11.8 Å². The van der Waals surface area contributed by atoms with Crippen molar-refractivity contribution < 1.29 is 27.2 Å². The lowest BCUT2D eigenvalue weighted by Crippen LogP contribution is -2.24. The first-order valence-electron chi connectivity index (χ1n) is 8.54. The SMILES string of the molecule is Cn1c(CNC(=O)c2ccco2)nnc1SCC(=O)Nc1ccc(C(F)(F)F)cc1. The number of nitrogens with one attached hydrogen (secondary N) is 2. The number of carbonyl (C=O) groups is 2. The van der Waals surface area contributed by atoms with Crippen molar-refractivity contribution in [1.82, 2.24) is 20.1 Å². The minimum Gasteiger partial charge on any atom is -0.459 e. The zero-order valence-corrected chi connectivity index (χ0v) is 16.4. The number of benzene rings is 1. The number of aromatic nitrogens is 3. The van der Waals surface area contributed by atoms with E-state index in [2.05, 4.69) is 20.8 Å². The summed E-state index contributed by atoms with van der Waals surface area (Å²) in [6, 6.07) is 7.30. The molecule has 8 nitrogen and oxygen atoms in total. The molecule has 2 amide bonds. The van der Waals surface area contributed by atoms with Gasteiger partial charge in [0.05, 0.1) is 24.1 Å². The van der Waals surface area contributed by atoms with Crippen molar-refractivity contribution in [3.8, 4) is 0 Å². The summed E-state index contributed by atoms with van der Waals surface area (Å²) in [5.74, 6) is -0.179. The van der Waals surface area contributed by atoms with E-state index in [1.54, 1.807) is 17.7 Å². The molecule has 0 aliphatic carbocycles. The summed E-state index contributed by atoms with van der Waals surface area (Å²) in [5, 5.41) is 13.6. The fraction of sp³-hybridized carbons (Fsp3) is 0.222. The first-order chi connectivity index (χ1) is 14.2. The van der Waals surface area contributed by atoms with Gasteiger partial charge in [0, 0.05) is 12.7 Å². The molecular weight excluding hydrogens is 423 g/mol. The molecule has 3 aromatic rings. The molecule has 0 fully saturated rings. The Bertz CT molecular complexity index is 1020. The zero-order valence-electron chi connectivity index (χ0n) is 15.6. The second-order valence-corrected chi connectivity index (χ2v) is 6.97. The molecule has 12 heteroatoms. The van der Waals surface area contributed by atoms with Crippen molar-refractivity contribution in [2.24, 2.45) is 7.05 Å². The number of furan rings is 1. The van der Waals surface area contributed by atoms with E-state index in [0.717, 1.165) is 23.9 Å². The average molecular weight is 439 g/mol. The lowest BCUT2D eigenvalue weighted by Gasteiger charge is -2.09. The highest BCUT2D eigenvalue weighted by atomic mass is 32.2. The first kappa shape index (κ1) is 21.4. The third kappa shape index (κ3) is 5.41. The molecule has 0 radical (unpaired) electrons. The highest BCUT2D eigenvalue weighted by Gasteiger charge is 2.30. The molecule has 0 aliphatic heterocycles. The lowest BCUT2D eigenvalue weighted by molar-refractivity contribution is -0.137. The summed E-state index contributed by atoms with van der Waals surface area (Å²) < 4.78 is 44.3. The van der Waals surface area contributed by atoms with Crippen molar-refractivity contribution in [2.45, 2.75) is 17.9 Å². The Labute approximate surface area is 172 Å². The molecule has 30 heavy (non-hydrogen) atoms. The minimum atomic E-state index is -4.43. The smallest absolute Gasteiger partial charge is 0.416 e. The number of halogens is 3. The Morgan fingerprint density at radius 1 is 1.17 bits per heavy atom. The molecule has 2 heterocycles. The molecule has 0 saturated carbocycles. The maximum atomic E-state index is 12.6. The molecule has 0 unspecified atom stereocenters. The van der Waals surface area contributed by atoms with Gasteiger partial charge in [-0.25, -0.2) is 0 Å². The summed E-state index contributed by atoms with van der Waals surface area (Å²) in [5.41, 5.74) is -0.534. The summed E-state index contributed by atoms with van der Waals surface area (Å²) >= 11 is 1.10. The first-order valence-corrected chi connectivity index (χ1v) is 9.52. The largest absolute Gasteiger partial charge is 0.459 e. The van der Waals surface area contributed by atoms with Crippen LogP contribution in [0.5, 0.6) is 0 Å². The Morgan fingerprint density at radius 2 is 1.90 bits per heavy atom. The molecular formula is C18H16F3N5O3S. The van der Waals surface area contributed by atoms with Crippen molar-refractivity contribution in [3.05, 3.63) is 59.8 Å². The standard InChI is InChI=1S/C18H16F3N5O3S/c1-26-14(9-22-16(28)13-3-2-8-29-13)24-25-17(26)30-10-15(27)23-12-6-4-11(5-7-12)18(19,20)21/h2-8H,9-10H2,1H3,(H,22,28)(H,23,27). The predicted molar refractivity (Wildman–Crippen MR) is 102 cm³/mol. The number of rotatable bonds is 7. The number of amides is 2. The molecule has 0 bridgehead atoms. The van der Waals surface area contributed by atoms with E-state index in [4.69, 9.17) is 4.42 Å². The van der Waals surface area contributed by atoms with Gasteiger partial charge in [-0.05, 0) is 36.4 Å². The van der Waals surface area contributed by atoms with Gasteiger partial charge in [0.2, 0.25) is 5.91 Å². The van der Waals surface area contributed by atoms with Gasteiger partial charge in [0.25, 0.3) is 5.91 Å². The van der Waals surface area contributed by atoms with Crippen LogP contribution in [0.3, 0.4) is 0 Å². The Kier molecular flexibility index (Phi) is 6.45. The Morgan fingerprint density at radius 3 is 2.53 bits per heavy atom. The summed E-state index contributed by atoms with van der Waals surface area (Å²) in [7, 11) is 1.69. The summed E-state index contributed by atoms with van der Waals surface area (Å²) in [4.78, 5) is 23.9. The maximum absolute atomic E-state index is 12.6. The predicted octanol–water partition coefficient (Wildman–Crippen LogP) is 3.09. The van der Waals surface area contributed by atoms with Crippen LogP contribution in [0.15, 0.2) is 52.2 Å². The van der Waals surface area contributed by atoms with Crippen molar-refractivity contribution in [2.75, 3.05) is 11.1 Å². The van der Waals surface area contributed by atoms with Crippen molar-refractivity contribution in [1.29, 1.82) is 0 Å². The average Bonchev–Trinajstić information content (AvgIpc) is 3.35. The monoisotopic (exact) mass is 439 g/mol. The van der Waals surface area contributed by atoms with E-state index >= 15 is 0 Å². The van der Waals surface area contributed by atoms with E-state index in [0.29, 0.717) is 11.0 Å². The fourth-order valence-electron chi connectivity index (χ4n) is 2.35. The zero-order chi connectivity index (χ0) is 21.7. The number of hydrogen-bond acceptors (Lipinski definition) is 6. The van der Waals surface area contributed by atoms with Crippen LogP contribution in [-0.2, 0) is 24.6 Å². The van der Waals surface area contributed by atoms with E-state index in [9.17, 15) is 22.8 Å². The van der Waals surface area contributed by atoms with Crippen LogP contribution < -0.4 is 10.6 Å². The second kappa shape index (κ2) is 9.03. The number of nitrogens with zero attached hydrogens (tertiary/aromatic N) is 3. The number of thioether (sulfide) groups is 1. The van der Waals surface area contributed by atoms with Gasteiger partial charge in [-0.2, -0.15) is 13.2 Å². The fourth-order valence-corrected chi connectivity index (χ4v) is 3.08. The highest BCUT2D eigenvalue weighted by molar-refractivity contribution is 7.99. The second-order valence-electron chi connectivity index (χ2n) is 6.03. The van der Waals surface area contributed by atoms with Gasteiger partial charge in [0.1, 0.15) is 0 Å². The molecule has 2 N–H and O–H groups in total. The number of alkyl halides is 3. The van der Waals surface area contributed by atoms with Crippen LogP contribution in [0.4, 0.5) is 18.9 Å². The van der Waals surface area contributed by atoms with Gasteiger partial charge >= 0.3 is 6.18 Å². The van der Waals surface area contributed by atoms with Crippen LogP contribution in [0.1, 0.15) is 21.9 Å². The number of anilines is 1. The van der Waals surface area contributed by atoms with Crippen LogP contribution in [0, 0.1) is 0 Å². The van der Waals surface area contributed by atoms with Crippen LogP contribution >= 0.6 is 11.8 Å². The molecule has 3 rings (SSSR count). The molecule has 1 aromatic carbocycles. The van der Waals surface area contributed by atoms with Gasteiger partial charge in [-0.15, -0.1) is 10.2 Å². The topological polar surface area (TPSA) is 102 Å². The Hall–Kier alpha value is -3.28. The van der Waals surface area contributed by atoms with Crippen LogP contribution in [0.2, 0.25) is 0 Å². The number of hydrogen-bond donors (Lipinski definition) is 2. The number of carbonyl (C=O) groups excluding carboxylic acids is 2. The van der Waals surface area contributed by atoms with Crippen LogP contribution in [0.25, 0.3) is 0 Å². The van der Waals surface area contributed by atoms with Gasteiger partial charge < -0.3 is 19.6 Å². The molecule has 0 atom stereocenters. The summed E-state index contributed by atoms with van der Waals surface area (Å²) in [6.45, 7) is 0.112. The van der Waals surface area contributed by atoms with Gasteiger partial charge in [0.15, 0.2) is 16.7 Å². The molecule has 0 aliphatic rings. The minimum absolute atomic E-state index is 0.0221. The highest BCUT2D eigenvalue weighted by Crippen LogP contribution is 2.29. The van der Waals surface area contributed by atoms with E-state index in [-0.39, 0.29) is 23.7 Å².